The lowest BCUT2D eigenvalue weighted by Crippen LogP contribution is -2.34. The SMILES string of the molecule is Cc1cccc(N(C)C(=O)CC(N)C2CC2)c1. The van der Waals surface area contributed by atoms with Gasteiger partial charge >= 0.3 is 0 Å². The monoisotopic (exact) mass is 232 g/mol. The molecule has 1 aliphatic carbocycles. The number of carbonyl (C=O) groups excluding carboxylic acids is 1. The molecule has 0 heterocycles. The highest BCUT2D eigenvalue weighted by molar-refractivity contribution is 5.93. The highest BCUT2D eigenvalue weighted by Gasteiger charge is 2.30. The number of carbonyl (C=O) groups is 1. The summed E-state index contributed by atoms with van der Waals surface area (Å²) in [4.78, 5) is 13.7. The number of hydrogen-bond donors (Lipinski definition) is 1. The molecule has 2 N–H and O–H groups in total. The normalized spacial score (nSPS) is 16.6. The molecular weight excluding hydrogens is 212 g/mol. The summed E-state index contributed by atoms with van der Waals surface area (Å²) in [6.45, 7) is 2.03. The van der Waals surface area contributed by atoms with Gasteiger partial charge in [-0.25, -0.2) is 0 Å². The summed E-state index contributed by atoms with van der Waals surface area (Å²) in [6.07, 6.45) is 2.82. The van der Waals surface area contributed by atoms with Crippen LogP contribution in [0.3, 0.4) is 0 Å². The Balaban J connectivity index is 1.98. The van der Waals surface area contributed by atoms with E-state index >= 15 is 0 Å². The molecule has 0 aromatic heterocycles. The average Bonchev–Trinajstić information content (AvgIpc) is 3.11. The Labute approximate surface area is 103 Å². The molecule has 0 saturated heterocycles. The zero-order valence-electron chi connectivity index (χ0n) is 10.5. The van der Waals surface area contributed by atoms with Gasteiger partial charge in [0.25, 0.3) is 0 Å². The fourth-order valence-electron chi connectivity index (χ4n) is 2.01. The molecule has 1 unspecified atom stereocenters. The third-order valence-corrected chi connectivity index (χ3v) is 3.40. The molecule has 0 aliphatic heterocycles. The lowest BCUT2D eigenvalue weighted by Gasteiger charge is -2.20. The topological polar surface area (TPSA) is 46.3 Å². The molecule has 3 heteroatoms. The van der Waals surface area contributed by atoms with Crippen LogP contribution in [0.4, 0.5) is 5.69 Å². The van der Waals surface area contributed by atoms with Crippen molar-refractivity contribution in [2.45, 2.75) is 32.2 Å². The van der Waals surface area contributed by atoms with E-state index in [9.17, 15) is 4.79 Å². The van der Waals surface area contributed by atoms with Gasteiger partial charge in [0, 0.05) is 25.2 Å². The van der Waals surface area contributed by atoms with Crippen molar-refractivity contribution in [3.63, 3.8) is 0 Å². The Kier molecular flexibility index (Phi) is 3.48. The lowest BCUT2D eigenvalue weighted by atomic mass is 10.1. The Morgan fingerprint density at radius 2 is 2.24 bits per heavy atom. The maximum absolute atomic E-state index is 12.0. The molecule has 0 bridgehead atoms. The van der Waals surface area contributed by atoms with Gasteiger partial charge in [-0.3, -0.25) is 4.79 Å². The molecule has 1 amide bonds. The summed E-state index contributed by atoms with van der Waals surface area (Å²) in [5.41, 5.74) is 8.08. The molecule has 1 atom stereocenters. The van der Waals surface area contributed by atoms with Crippen LogP contribution in [-0.2, 0) is 4.79 Å². The van der Waals surface area contributed by atoms with E-state index in [1.807, 2.05) is 38.2 Å². The van der Waals surface area contributed by atoms with E-state index in [4.69, 9.17) is 5.73 Å². The predicted octanol–water partition coefficient (Wildman–Crippen LogP) is 2.09. The molecule has 17 heavy (non-hydrogen) atoms. The smallest absolute Gasteiger partial charge is 0.228 e. The summed E-state index contributed by atoms with van der Waals surface area (Å²) >= 11 is 0. The minimum Gasteiger partial charge on any atom is -0.327 e. The van der Waals surface area contributed by atoms with Crippen molar-refractivity contribution in [3.05, 3.63) is 29.8 Å². The molecule has 3 nitrogen and oxygen atoms in total. The van der Waals surface area contributed by atoms with Crippen LogP contribution in [0.2, 0.25) is 0 Å². The number of nitrogens with two attached hydrogens (primary N) is 1. The van der Waals surface area contributed by atoms with E-state index in [0.717, 1.165) is 11.3 Å². The van der Waals surface area contributed by atoms with Crippen LogP contribution >= 0.6 is 0 Å². The molecule has 1 aromatic rings. The van der Waals surface area contributed by atoms with E-state index in [-0.39, 0.29) is 11.9 Å². The fraction of sp³-hybridized carbons (Fsp3) is 0.500. The second kappa shape index (κ2) is 4.88. The Bertz CT molecular complexity index is 412. The van der Waals surface area contributed by atoms with Crippen LogP contribution < -0.4 is 10.6 Å². The van der Waals surface area contributed by atoms with Crippen molar-refractivity contribution in [2.24, 2.45) is 11.7 Å². The second-order valence-electron chi connectivity index (χ2n) is 5.00. The van der Waals surface area contributed by atoms with Crippen LogP contribution in [0.1, 0.15) is 24.8 Å². The standard InChI is InChI=1S/C14H20N2O/c1-10-4-3-5-12(8-10)16(2)14(17)9-13(15)11-6-7-11/h3-5,8,11,13H,6-7,9,15H2,1-2H3. The summed E-state index contributed by atoms with van der Waals surface area (Å²) in [5.74, 6) is 0.680. The molecule has 1 aliphatic rings. The Morgan fingerprint density at radius 1 is 1.53 bits per heavy atom. The van der Waals surface area contributed by atoms with Crippen molar-refractivity contribution < 1.29 is 4.79 Å². The van der Waals surface area contributed by atoms with Gasteiger partial charge < -0.3 is 10.6 Å². The molecule has 0 radical (unpaired) electrons. The quantitative estimate of drug-likeness (QED) is 0.864. The molecular formula is C14H20N2O. The number of anilines is 1. The maximum atomic E-state index is 12.0. The Hall–Kier alpha value is -1.35. The van der Waals surface area contributed by atoms with Crippen molar-refractivity contribution in [2.75, 3.05) is 11.9 Å². The van der Waals surface area contributed by atoms with Crippen LogP contribution in [-0.4, -0.2) is 19.0 Å². The van der Waals surface area contributed by atoms with Gasteiger partial charge in [-0.15, -0.1) is 0 Å². The molecule has 2 rings (SSSR count). The van der Waals surface area contributed by atoms with Gasteiger partial charge in [0.2, 0.25) is 5.91 Å². The molecule has 0 spiro atoms. The van der Waals surface area contributed by atoms with E-state index in [1.165, 1.54) is 12.8 Å². The first-order valence-electron chi connectivity index (χ1n) is 6.16. The van der Waals surface area contributed by atoms with Gasteiger partial charge in [-0.2, -0.15) is 0 Å². The first-order chi connectivity index (χ1) is 8.08. The third kappa shape index (κ3) is 3.07. The Morgan fingerprint density at radius 3 is 2.82 bits per heavy atom. The van der Waals surface area contributed by atoms with E-state index in [2.05, 4.69) is 0 Å². The van der Waals surface area contributed by atoms with Gasteiger partial charge in [0.15, 0.2) is 0 Å². The summed E-state index contributed by atoms with van der Waals surface area (Å²) < 4.78 is 0. The number of benzene rings is 1. The third-order valence-electron chi connectivity index (χ3n) is 3.40. The number of nitrogens with zero attached hydrogens (tertiary/aromatic N) is 1. The lowest BCUT2D eigenvalue weighted by molar-refractivity contribution is -0.118. The largest absolute Gasteiger partial charge is 0.327 e. The maximum Gasteiger partial charge on any atom is 0.228 e. The van der Waals surface area contributed by atoms with Crippen LogP contribution in [0.25, 0.3) is 0 Å². The number of rotatable bonds is 4. The fourth-order valence-corrected chi connectivity index (χ4v) is 2.01. The predicted molar refractivity (Wildman–Crippen MR) is 69.9 cm³/mol. The molecule has 92 valence electrons. The minimum atomic E-state index is 0.0368. The number of hydrogen-bond acceptors (Lipinski definition) is 2. The van der Waals surface area contributed by atoms with Crippen LogP contribution in [0.15, 0.2) is 24.3 Å². The average molecular weight is 232 g/mol. The number of aryl methyl sites for hydroxylation is 1. The first-order valence-corrected chi connectivity index (χ1v) is 6.16. The zero-order valence-corrected chi connectivity index (χ0v) is 10.5. The van der Waals surface area contributed by atoms with E-state index in [0.29, 0.717) is 12.3 Å². The summed E-state index contributed by atoms with van der Waals surface area (Å²) in [7, 11) is 1.82. The van der Waals surface area contributed by atoms with Crippen molar-refractivity contribution in [1.29, 1.82) is 0 Å². The molecule has 1 saturated carbocycles. The second-order valence-corrected chi connectivity index (χ2v) is 5.00. The van der Waals surface area contributed by atoms with Gasteiger partial charge in [0.05, 0.1) is 0 Å². The van der Waals surface area contributed by atoms with Crippen molar-refractivity contribution in [1.82, 2.24) is 0 Å². The minimum absolute atomic E-state index is 0.0368. The summed E-state index contributed by atoms with van der Waals surface area (Å²) in [6, 6.07) is 8.00. The van der Waals surface area contributed by atoms with Gasteiger partial charge in [0.1, 0.15) is 0 Å². The number of amides is 1. The van der Waals surface area contributed by atoms with E-state index < -0.39 is 0 Å². The van der Waals surface area contributed by atoms with Crippen molar-refractivity contribution in [3.8, 4) is 0 Å². The highest BCUT2D eigenvalue weighted by Crippen LogP contribution is 2.33. The molecule has 1 fully saturated rings. The van der Waals surface area contributed by atoms with Gasteiger partial charge in [-0.05, 0) is 43.4 Å². The van der Waals surface area contributed by atoms with Crippen molar-refractivity contribution >= 4 is 11.6 Å². The van der Waals surface area contributed by atoms with Crippen LogP contribution in [0.5, 0.6) is 0 Å². The molecule has 1 aromatic carbocycles. The van der Waals surface area contributed by atoms with E-state index in [1.54, 1.807) is 4.90 Å². The zero-order chi connectivity index (χ0) is 12.4. The van der Waals surface area contributed by atoms with Gasteiger partial charge in [-0.1, -0.05) is 12.1 Å². The summed E-state index contributed by atoms with van der Waals surface area (Å²) in [5, 5.41) is 0. The van der Waals surface area contributed by atoms with Crippen LogP contribution in [0, 0.1) is 12.8 Å². The highest BCUT2D eigenvalue weighted by atomic mass is 16.2. The first kappa shape index (κ1) is 12.1.